The SMILES string of the molecule is CCn1cnnc1-c1nn(C)c2c1CN(C(=O)Cc1cccc(F)c1)CC2. The summed E-state index contributed by atoms with van der Waals surface area (Å²) in [6.07, 6.45) is 2.61. The van der Waals surface area contributed by atoms with Gasteiger partial charge in [0.1, 0.15) is 17.8 Å². The highest BCUT2D eigenvalue weighted by Crippen LogP contribution is 2.29. The highest BCUT2D eigenvalue weighted by atomic mass is 19.1. The van der Waals surface area contributed by atoms with Gasteiger partial charge in [0.25, 0.3) is 0 Å². The first-order chi connectivity index (χ1) is 13.1. The van der Waals surface area contributed by atoms with Crippen LogP contribution in [0.2, 0.25) is 0 Å². The van der Waals surface area contributed by atoms with Gasteiger partial charge in [-0.25, -0.2) is 4.39 Å². The zero-order valence-corrected chi connectivity index (χ0v) is 15.4. The standard InChI is InChI=1S/C19H21FN6O/c1-3-25-12-21-22-19(25)18-15-11-26(8-7-16(15)24(2)23-18)17(27)10-13-5-4-6-14(20)9-13/h4-6,9,12H,3,7-8,10-11H2,1-2H3. The fraction of sp³-hybridized carbons (Fsp3) is 0.368. The molecule has 1 amide bonds. The van der Waals surface area contributed by atoms with E-state index in [0.29, 0.717) is 24.5 Å². The monoisotopic (exact) mass is 368 g/mol. The number of carbonyl (C=O) groups excluding carboxylic acids is 1. The summed E-state index contributed by atoms with van der Waals surface area (Å²) in [4.78, 5) is 14.6. The third kappa shape index (κ3) is 3.22. The Kier molecular flexibility index (Phi) is 4.47. The van der Waals surface area contributed by atoms with Crippen molar-refractivity contribution >= 4 is 5.91 Å². The van der Waals surface area contributed by atoms with Crippen molar-refractivity contribution in [2.24, 2.45) is 7.05 Å². The number of amides is 1. The molecule has 4 rings (SSSR count). The first kappa shape index (κ1) is 17.4. The molecule has 140 valence electrons. The van der Waals surface area contributed by atoms with E-state index in [-0.39, 0.29) is 18.1 Å². The summed E-state index contributed by atoms with van der Waals surface area (Å²) in [5.74, 6) is 0.376. The molecule has 7 nitrogen and oxygen atoms in total. The third-order valence-electron chi connectivity index (χ3n) is 5.01. The number of halogens is 1. The minimum Gasteiger partial charge on any atom is -0.338 e. The number of nitrogens with zero attached hydrogens (tertiary/aromatic N) is 6. The van der Waals surface area contributed by atoms with Crippen LogP contribution in [0, 0.1) is 5.82 Å². The van der Waals surface area contributed by atoms with E-state index in [2.05, 4.69) is 15.3 Å². The molecule has 0 N–H and O–H groups in total. The number of aryl methyl sites for hydroxylation is 2. The second-order valence-corrected chi connectivity index (χ2v) is 6.71. The van der Waals surface area contributed by atoms with Crippen LogP contribution in [-0.4, -0.2) is 41.9 Å². The Hall–Kier alpha value is -3.03. The summed E-state index contributed by atoms with van der Waals surface area (Å²) >= 11 is 0. The zero-order valence-electron chi connectivity index (χ0n) is 15.4. The molecule has 8 heteroatoms. The normalized spacial score (nSPS) is 13.7. The number of carbonyl (C=O) groups is 1. The van der Waals surface area contributed by atoms with Crippen LogP contribution in [-0.2, 0) is 37.8 Å². The number of rotatable bonds is 4. The molecule has 2 aromatic heterocycles. The van der Waals surface area contributed by atoms with E-state index in [1.807, 2.05) is 28.1 Å². The molecule has 3 aromatic rings. The summed E-state index contributed by atoms with van der Waals surface area (Å²) in [7, 11) is 1.92. The van der Waals surface area contributed by atoms with Gasteiger partial charge in [-0.05, 0) is 24.6 Å². The van der Waals surface area contributed by atoms with Gasteiger partial charge in [0.2, 0.25) is 5.91 Å². The molecule has 0 bridgehead atoms. The molecule has 0 atom stereocenters. The average Bonchev–Trinajstić information content (AvgIpc) is 3.25. The van der Waals surface area contributed by atoms with Crippen LogP contribution in [0.4, 0.5) is 4.39 Å². The van der Waals surface area contributed by atoms with Crippen molar-refractivity contribution in [3.05, 3.63) is 53.2 Å². The van der Waals surface area contributed by atoms with Crippen LogP contribution >= 0.6 is 0 Å². The largest absolute Gasteiger partial charge is 0.338 e. The summed E-state index contributed by atoms with van der Waals surface area (Å²) in [6.45, 7) is 3.87. The Morgan fingerprint density at radius 1 is 1.33 bits per heavy atom. The lowest BCUT2D eigenvalue weighted by Gasteiger charge is -2.27. The molecule has 0 saturated carbocycles. The van der Waals surface area contributed by atoms with E-state index in [4.69, 9.17) is 0 Å². The number of hydrogen-bond acceptors (Lipinski definition) is 4. The summed E-state index contributed by atoms with van der Waals surface area (Å²) in [5, 5.41) is 12.8. The first-order valence-corrected chi connectivity index (χ1v) is 9.02. The minimum atomic E-state index is -0.324. The van der Waals surface area contributed by atoms with Crippen molar-refractivity contribution in [2.75, 3.05) is 6.54 Å². The smallest absolute Gasteiger partial charge is 0.227 e. The van der Waals surface area contributed by atoms with E-state index >= 15 is 0 Å². The second kappa shape index (κ2) is 6.94. The highest BCUT2D eigenvalue weighted by Gasteiger charge is 2.28. The maximum Gasteiger partial charge on any atom is 0.227 e. The Morgan fingerprint density at radius 2 is 2.19 bits per heavy atom. The molecule has 1 aliphatic heterocycles. The van der Waals surface area contributed by atoms with Gasteiger partial charge in [-0.3, -0.25) is 9.48 Å². The lowest BCUT2D eigenvalue weighted by molar-refractivity contribution is -0.131. The quantitative estimate of drug-likeness (QED) is 0.706. The maximum atomic E-state index is 13.4. The van der Waals surface area contributed by atoms with Gasteiger partial charge >= 0.3 is 0 Å². The van der Waals surface area contributed by atoms with Crippen molar-refractivity contribution < 1.29 is 9.18 Å². The number of benzene rings is 1. The topological polar surface area (TPSA) is 68.8 Å². The van der Waals surface area contributed by atoms with Crippen LogP contribution in [0.1, 0.15) is 23.7 Å². The molecule has 1 aromatic carbocycles. The van der Waals surface area contributed by atoms with Gasteiger partial charge in [-0.1, -0.05) is 12.1 Å². The van der Waals surface area contributed by atoms with E-state index in [0.717, 1.165) is 29.9 Å². The van der Waals surface area contributed by atoms with Gasteiger partial charge in [0, 0.05) is 44.4 Å². The Labute approximate surface area is 156 Å². The Balaban J connectivity index is 1.60. The molecular weight excluding hydrogens is 347 g/mol. The molecule has 0 unspecified atom stereocenters. The molecule has 0 saturated heterocycles. The van der Waals surface area contributed by atoms with Crippen LogP contribution in [0.25, 0.3) is 11.5 Å². The predicted octanol–water partition coefficient (Wildman–Crippen LogP) is 1.96. The Bertz CT molecular complexity index is 992. The molecule has 0 aliphatic carbocycles. The lowest BCUT2D eigenvalue weighted by Crippen LogP contribution is -2.37. The van der Waals surface area contributed by atoms with Crippen molar-refractivity contribution in [3.63, 3.8) is 0 Å². The van der Waals surface area contributed by atoms with Gasteiger partial charge < -0.3 is 9.47 Å². The van der Waals surface area contributed by atoms with Crippen LogP contribution < -0.4 is 0 Å². The molecule has 0 radical (unpaired) electrons. The Morgan fingerprint density at radius 3 is 2.96 bits per heavy atom. The van der Waals surface area contributed by atoms with Gasteiger partial charge in [-0.2, -0.15) is 5.10 Å². The first-order valence-electron chi connectivity index (χ1n) is 9.02. The molecule has 27 heavy (non-hydrogen) atoms. The van der Waals surface area contributed by atoms with Crippen molar-refractivity contribution in [3.8, 4) is 11.5 Å². The van der Waals surface area contributed by atoms with E-state index in [9.17, 15) is 9.18 Å². The maximum absolute atomic E-state index is 13.4. The summed E-state index contributed by atoms with van der Waals surface area (Å²) in [6, 6.07) is 6.19. The van der Waals surface area contributed by atoms with E-state index < -0.39 is 0 Å². The molecule has 3 heterocycles. The van der Waals surface area contributed by atoms with Gasteiger partial charge in [0.05, 0.1) is 6.42 Å². The van der Waals surface area contributed by atoms with Crippen LogP contribution in [0.3, 0.4) is 0 Å². The van der Waals surface area contributed by atoms with Crippen molar-refractivity contribution in [2.45, 2.75) is 32.9 Å². The van der Waals surface area contributed by atoms with Crippen LogP contribution in [0.15, 0.2) is 30.6 Å². The predicted molar refractivity (Wildman–Crippen MR) is 97.1 cm³/mol. The fourth-order valence-electron chi connectivity index (χ4n) is 3.59. The molecule has 1 aliphatic rings. The summed E-state index contributed by atoms with van der Waals surface area (Å²) in [5.41, 5.74) is 3.59. The minimum absolute atomic E-state index is 0.0157. The van der Waals surface area contributed by atoms with E-state index in [1.165, 1.54) is 12.1 Å². The summed E-state index contributed by atoms with van der Waals surface area (Å²) < 4.78 is 17.2. The fourth-order valence-corrected chi connectivity index (χ4v) is 3.59. The molecular formula is C19H21FN6O. The lowest BCUT2D eigenvalue weighted by atomic mass is 10.0. The molecule has 0 spiro atoms. The van der Waals surface area contributed by atoms with E-state index in [1.54, 1.807) is 18.5 Å². The zero-order chi connectivity index (χ0) is 19.0. The number of aromatic nitrogens is 5. The van der Waals surface area contributed by atoms with Crippen LogP contribution in [0.5, 0.6) is 0 Å². The second-order valence-electron chi connectivity index (χ2n) is 6.71. The van der Waals surface area contributed by atoms with Gasteiger partial charge in [-0.15, -0.1) is 10.2 Å². The number of hydrogen-bond donors (Lipinski definition) is 0. The van der Waals surface area contributed by atoms with Gasteiger partial charge in [0.15, 0.2) is 5.82 Å². The molecule has 0 fully saturated rings. The highest BCUT2D eigenvalue weighted by molar-refractivity contribution is 5.79. The number of fused-ring (bicyclic) bond motifs is 1. The average molecular weight is 368 g/mol. The third-order valence-corrected chi connectivity index (χ3v) is 5.01. The van der Waals surface area contributed by atoms with Crippen molar-refractivity contribution in [1.29, 1.82) is 0 Å². The van der Waals surface area contributed by atoms with Crippen molar-refractivity contribution in [1.82, 2.24) is 29.4 Å².